The number of hydrogen-bond acceptors (Lipinski definition) is 6. The van der Waals surface area contributed by atoms with Crippen LogP contribution in [0.3, 0.4) is 0 Å². The minimum Gasteiger partial charge on any atom is -0.463 e. The zero-order chi connectivity index (χ0) is 25.3. The van der Waals surface area contributed by atoms with Gasteiger partial charge in [-0.25, -0.2) is 0 Å². The first kappa shape index (κ1) is 22.9. The number of ketones is 2. The molecule has 2 heterocycles. The lowest BCUT2D eigenvalue weighted by atomic mass is 9.60. The number of hydrogen-bond donors (Lipinski definition) is 1. The number of anilines is 1. The van der Waals surface area contributed by atoms with E-state index in [0.29, 0.717) is 45.4 Å². The average Bonchev–Trinajstić information content (AvgIpc) is 3.44. The molecule has 1 aliphatic heterocycles. The number of aliphatic hydroxyl groups excluding tert-OH is 1. The van der Waals surface area contributed by atoms with Crippen LogP contribution in [0.1, 0.15) is 37.2 Å². The third kappa shape index (κ3) is 3.23. The van der Waals surface area contributed by atoms with Crippen molar-refractivity contribution < 1.29 is 28.7 Å². The Bertz CT molecular complexity index is 1440. The summed E-state index contributed by atoms with van der Waals surface area (Å²) in [4.78, 5) is 54.8. The molecule has 7 nitrogen and oxygen atoms in total. The van der Waals surface area contributed by atoms with Crippen molar-refractivity contribution in [2.75, 3.05) is 4.90 Å². The molecule has 1 aromatic carbocycles. The van der Waals surface area contributed by atoms with Gasteiger partial charge in [0.05, 0.1) is 23.4 Å². The van der Waals surface area contributed by atoms with E-state index in [0.717, 1.165) is 5.57 Å². The van der Waals surface area contributed by atoms with E-state index in [1.165, 1.54) is 11.0 Å². The van der Waals surface area contributed by atoms with E-state index in [9.17, 15) is 24.3 Å². The van der Waals surface area contributed by atoms with Gasteiger partial charge in [0.2, 0.25) is 11.8 Å². The van der Waals surface area contributed by atoms with E-state index in [2.05, 4.69) is 0 Å². The van der Waals surface area contributed by atoms with E-state index >= 15 is 0 Å². The summed E-state index contributed by atoms with van der Waals surface area (Å²) >= 11 is 6.00. The maximum atomic E-state index is 13.8. The van der Waals surface area contributed by atoms with Gasteiger partial charge in [-0.3, -0.25) is 24.1 Å². The van der Waals surface area contributed by atoms with Gasteiger partial charge in [0.25, 0.3) is 0 Å². The van der Waals surface area contributed by atoms with Crippen LogP contribution in [0.2, 0.25) is 5.02 Å². The molecule has 1 fully saturated rings. The van der Waals surface area contributed by atoms with Crippen LogP contribution in [-0.4, -0.2) is 28.5 Å². The predicted molar refractivity (Wildman–Crippen MR) is 130 cm³/mol. The standard InChI is InChI=1S/C28H22ClNO6/c1-13-10-21(32)20-11-19-17(24(25(20)26(13)33)22-9-6-16(12-31)36-22)7-8-18-23(19)28(35)30(27(18)34)15-4-2-14(29)3-5-15/h2-7,9-10,18-19,23-24,31H,8,11-12H2,1H3. The van der Waals surface area contributed by atoms with Crippen molar-refractivity contribution in [3.63, 3.8) is 0 Å². The molecule has 4 atom stereocenters. The zero-order valence-corrected chi connectivity index (χ0v) is 20.1. The average molecular weight is 504 g/mol. The number of allylic oxidation sites excluding steroid dienone is 6. The Morgan fingerprint density at radius 2 is 1.78 bits per heavy atom. The van der Waals surface area contributed by atoms with Gasteiger partial charge in [-0.2, -0.15) is 0 Å². The molecule has 182 valence electrons. The highest BCUT2D eigenvalue weighted by molar-refractivity contribution is 6.31. The summed E-state index contributed by atoms with van der Waals surface area (Å²) in [5.74, 6) is -2.62. The number of fused-ring (bicyclic) bond motifs is 3. The fraction of sp³-hybridized carbons (Fsp3) is 0.286. The van der Waals surface area contributed by atoms with Crippen LogP contribution < -0.4 is 4.90 Å². The summed E-state index contributed by atoms with van der Waals surface area (Å²) in [5, 5.41) is 10.0. The molecule has 0 radical (unpaired) electrons. The number of Topliss-reactive ketones (excluding diaryl/α,β-unsaturated/α-hetero) is 1. The van der Waals surface area contributed by atoms with Crippen LogP contribution in [0.15, 0.2) is 75.3 Å². The van der Waals surface area contributed by atoms with Crippen molar-refractivity contribution in [3.8, 4) is 0 Å². The molecular weight excluding hydrogens is 482 g/mol. The van der Waals surface area contributed by atoms with Crippen molar-refractivity contribution in [2.45, 2.75) is 32.3 Å². The first-order valence-corrected chi connectivity index (χ1v) is 12.2. The van der Waals surface area contributed by atoms with Crippen LogP contribution in [0.4, 0.5) is 5.69 Å². The molecular formula is C28H22ClNO6. The largest absolute Gasteiger partial charge is 0.463 e. The Morgan fingerprint density at radius 1 is 1.03 bits per heavy atom. The van der Waals surface area contributed by atoms with Gasteiger partial charge in [-0.05, 0) is 68.2 Å². The van der Waals surface area contributed by atoms with Crippen LogP contribution in [0.5, 0.6) is 0 Å². The summed E-state index contributed by atoms with van der Waals surface area (Å²) in [5.41, 5.74) is 2.35. The van der Waals surface area contributed by atoms with Crippen molar-refractivity contribution in [1.82, 2.24) is 0 Å². The number of rotatable bonds is 3. The fourth-order valence-corrected chi connectivity index (χ4v) is 6.29. The van der Waals surface area contributed by atoms with Crippen molar-refractivity contribution >= 4 is 40.7 Å². The maximum absolute atomic E-state index is 13.8. The quantitative estimate of drug-likeness (QED) is 0.385. The monoisotopic (exact) mass is 503 g/mol. The van der Waals surface area contributed by atoms with E-state index in [1.54, 1.807) is 43.3 Å². The third-order valence-electron chi connectivity index (χ3n) is 7.77. The van der Waals surface area contributed by atoms with Crippen LogP contribution in [-0.2, 0) is 25.8 Å². The van der Waals surface area contributed by atoms with Crippen molar-refractivity contribution in [3.05, 3.63) is 87.4 Å². The van der Waals surface area contributed by atoms with E-state index in [1.807, 2.05) is 6.08 Å². The van der Waals surface area contributed by atoms with Crippen molar-refractivity contribution in [2.24, 2.45) is 17.8 Å². The Kier molecular flexibility index (Phi) is 5.24. The van der Waals surface area contributed by atoms with E-state index < -0.39 is 23.7 Å². The number of carbonyl (C=O) groups is 4. The van der Waals surface area contributed by atoms with Gasteiger partial charge in [0.1, 0.15) is 18.1 Å². The van der Waals surface area contributed by atoms with Gasteiger partial charge in [-0.1, -0.05) is 23.3 Å². The molecule has 2 aromatic rings. The molecule has 1 aromatic heterocycles. The Morgan fingerprint density at radius 3 is 2.47 bits per heavy atom. The Balaban J connectivity index is 1.47. The van der Waals surface area contributed by atoms with Crippen LogP contribution >= 0.6 is 11.6 Å². The highest BCUT2D eigenvalue weighted by Crippen LogP contribution is 2.55. The van der Waals surface area contributed by atoms with Crippen LogP contribution in [0.25, 0.3) is 0 Å². The molecule has 0 spiro atoms. The fourth-order valence-electron chi connectivity index (χ4n) is 6.17. The molecule has 3 aliphatic carbocycles. The normalized spacial score (nSPS) is 27.6. The molecule has 0 bridgehead atoms. The Hall–Kier alpha value is -3.55. The first-order chi connectivity index (χ1) is 17.3. The van der Waals surface area contributed by atoms with Gasteiger partial charge in [0.15, 0.2) is 11.6 Å². The van der Waals surface area contributed by atoms with Gasteiger partial charge in [-0.15, -0.1) is 0 Å². The minimum atomic E-state index is -0.660. The smallest absolute Gasteiger partial charge is 0.238 e. The molecule has 6 rings (SSSR count). The molecule has 1 saturated heterocycles. The highest BCUT2D eigenvalue weighted by Gasteiger charge is 2.57. The second-order valence-corrected chi connectivity index (χ2v) is 10.1. The van der Waals surface area contributed by atoms with E-state index in [-0.39, 0.29) is 36.4 Å². The summed E-state index contributed by atoms with van der Waals surface area (Å²) in [7, 11) is 0. The molecule has 8 heteroatoms. The summed E-state index contributed by atoms with van der Waals surface area (Å²) in [6.07, 6.45) is 3.82. The number of imide groups is 1. The number of halogens is 1. The van der Waals surface area contributed by atoms with Gasteiger partial charge >= 0.3 is 0 Å². The van der Waals surface area contributed by atoms with Crippen molar-refractivity contribution in [1.29, 1.82) is 0 Å². The molecule has 36 heavy (non-hydrogen) atoms. The van der Waals surface area contributed by atoms with Gasteiger partial charge in [0, 0.05) is 21.7 Å². The number of furan rings is 1. The number of benzene rings is 1. The third-order valence-corrected chi connectivity index (χ3v) is 8.02. The predicted octanol–water partition coefficient (Wildman–Crippen LogP) is 4.06. The lowest BCUT2D eigenvalue weighted by Gasteiger charge is -2.41. The molecule has 1 N–H and O–H groups in total. The number of nitrogens with zero attached hydrogens (tertiary/aromatic N) is 1. The molecule has 0 saturated carbocycles. The van der Waals surface area contributed by atoms with Crippen LogP contribution in [0, 0.1) is 17.8 Å². The number of carbonyl (C=O) groups excluding carboxylic acids is 4. The SMILES string of the molecule is CC1=CC(=O)C2=C(C1=O)C(c1ccc(CO)o1)C1=CCC3C(=O)N(c4ccc(Cl)cc4)C(=O)C3C1C2. The highest BCUT2D eigenvalue weighted by atomic mass is 35.5. The summed E-state index contributed by atoms with van der Waals surface area (Å²) in [6, 6.07) is 9.88. The first-order valence-electron chi connectivity index (χ1n) is 11.8. The molecule has 2 amide bonds. The van der Waals surface area contributed by atoms with Gasteiger partial charge < -0.3 is 9.52 Å². The minimum absolute atomic E-state index is 0.203. The number of amides is 2. The second kappa shape index (κ2) is 8.25. The lowest BCUT2D eigenvalue weighted by Crippen LogP contribution is -2.39. The Labute approximate surface area is 211 Å². The van der Waals surface area contributed by atoms with E-state index in [4.69, 9.17) is 16.0 Å². The number of aliphatic hydroxyl groups is 1. The summed E-state index contributed by atoms with van der Waals surface area (Å²) in [6.45, 7) is 1.31. The summed E-state index contributed by atoms with van der Waals surface area (Å²) < 4.78 is 5.87. The maximum Gasteiger partial charge on any atom is 0.238 e. The molecule has 4 unspecified atom stereocenters. The topological polar surface area (TPSA) is 105 Å². The second-order valence-electron chi connectivity index (χ2n) is 9.68. The zero-order valence-electron chi connectivity index (χ0n) is 19.4. The lowest BCUT2D eigenvalue weighted by molar-refractivity contribution is -0.123. The molecule has 4 aliphatic rings.